The fourth-order valence-corrected chi connectivity index (χ4v) is 2.72. The number of aromatic amines is 1. The molecule has 1 heterocycles. The molecule has 0 unspecified atom stereocenters. The van der Waals surface area contributed by atoms with Gasteiger partial charge in [0.15, 0.2) is 0 Å². The number of aromatic nitrogens is 2. The number of hydrogen-bond donors (Lipinski definition) is 3. The average molecular weight is 377 g/mol. The van der Waals surface area contributed by atoms with E-state index < -0.39 is 6.09 Å². The van der Waals surface area contributed by atoms with E-state index in [1.165, 1.54) is 6.20 Å². The number of aliphatic imine (C=N–C) groups is 1. The summed E-state index contributed by atoms with van der Waals surface area (Å²) in [6.45, 7) is 0.810. The first-order valence-electron chi connectivity index (χ1n) is 8.51. The Bertz CT molecular complexity index is 967. The van der Waals surface area contributed by atoms with Crippen LogP contribution in [0.3, 0.4) is 0 Å². The zero-order valence-corrected chi connectivity index (χ0v) is 14.9. The monoisotopic (exact) mass is 377 g/mol. The number of carbonyl (C=O) groups is 2. The van der Waals surface area contributed by atoms with Gasteiger partial charge in [-0.3, -0.25) is 9.89 Å². The van der Waals surface area contributed by atoms with Crippen LogP contribution in [0.1, 0.15) is 27.0 Å². The van der Waals surface area contributed by atoms with Crippen molar-refractivity contribution in [2.45, 2.75) is 13.1 Å². The third-order valence-corrected chi connectivity index (χ3v) is 4.09. The SMILES string of the molecule is N/C(=N/C(=O)O)c1ccc(CN(Cc2ccccc2)C(=O)c2cn[nH]c2)cc1. The van der Waals surface area contributed by atoms with Gasteiger partial charge in [0.2, 0.25) is 0 Å². The van der Waals surface area contributed by atoms with Gasteiger partial charge in [0.1, 0.15) is 5.84 Å². The van der Waals surface area contributed by atoms with Gasteiger partial charge in [-0.2, -0.15) is 10.1 Å². The Morgan fingerprint density at radius 2 is 1.64 bits per heavy atom. The van der Waals surface area contributed by atoms with Gasteiger partial charge in [-0.05, 0) is 11.1 Å². The predicted octanol–water partition coefficient (Wildman–Crippen LogP) is 2.64. The molecule has 2 aromatic carbocycles. The fourth-order valence-electron chi connectivity index (χ4n) is 2.72. The minimum absolute atomic E-state index is 0.0744. The second kappa shape index (κ2) is 8.63. The minimum atomic E-state index is -1.35. The van der Waals surface area contributed by atoms with E-state index in [2.05, 4.69) is 15.2 Å². The quantitative estimate of drug-likeness (QED) is 0.450. The molecule has 0 saturated heterocycles. The molecule has 142 valence electrons. The maximum Gasteiger partial charge on any atom is 0.433 e. The Morgan fingerprint density at radius 1 is 1.00 bits per heavy atom. The van der Waals surface area contributed by atoms with Crippen LogP contribution >= 0.6 is 0 Å². The minimum Gasteiger partial charge on any atom is -0.463 e. The van der Waals surface area contributed by atoms with Crippen molar-refractivity contribution in [2.24, 2.45) is 10.7 Å². The van der Waals surface area contributed by atoms with Crippen LogP contribution in [0.4, 0.5) is 4.79 Å². The summed E-state index contributed by atoms with van der Waals surface area (Å²) < 4.78 is 0. The zero-order valence-electron chi connectivity index (χ0n) is 14.9. The molecule has 0 aliphatic heterocycles. The molecule has 0 saturated carbocycles. The third-order valence-electron chi connectivity index (χ3n) is 4.09. The van der Waals surface area contributed by atoms with Crippen molar-refractivity contribution in [3.05, 3.63) is 89.2 Å². The van der Waals surface area contributed by atoms with E-state index in [-0.39, 0.29) is 11.7 Å². The molecule has 0 bridgehead atoms. The van der Waals surface area contributed by atoms with Crippen LogP contribution in [0.25, 0.3) is 0 Å². The Balaban J connectivity index is 1.81. The lowest BCUT2D eigenvalue weighted by molar-refractivity contribution is 0.0730. The van der Waals surface area contributed by atoms with Crippen LogP contribution < -0.4 is 5.73 Å². The van der Waals surface area contributed by atoms with Crippen LogP contribution in [0.15, 0.2) is 72.0 Å². The fraction of sp³-hybridized carbons (Fsp3) is 0.100. The van der Waals surface area contributed by atoms with Crippen molar-refractivity contribution < 1.29 is 14.7 Å². The average Bonchev–Trinajstić information content (AvgIpc) is 3.22. The molecule has 0 atom stereocenters. The summed E-state index contributed by atoms with van der Waals surface area (Å²) in [7, 11) is 0. The predicted molar refractivity (Wildman–Crippen MR) is 104 cm³/mol. The van der Waals surface area contributed by atoms with Gasteiger partial charge in [0, 0.05) is 24.8 Å². The van der Waals surface area contributed by atoms with E-state index in [0.717, 1.165) is 11.1 Å². The van der Waals surface area contributed by atoms with Crippen LogP contribution in [0, 0.1) is 0 Å². The molecule has 0 fully saturated rings. The lowest BCUT2D eigenvalue weighted by atomic mass is 10.1. The summed E-state index contributed by atoms with van der Waals surface area (Å²) in [5.74, 6) is -0.219. The smallest absolute Gasteiger partial charge is 0.433 e. The number of carboxylic acid groups (broad SMARTS) is 1. The number of hydrogen-bond acceptors (Lipinski definition) is 3. The topological polar surface area (TPSA) is 125 Å². The second-order valence-electron chi connectivity index (χ2n) is 6.11. The standard InChI is InChI=1S/C20H19N5O3/c21-18(24-20(27)28)16-8-6-15(7-9-16)13-25(12-14-4-2-1-3-5-14)19(26)17-10-22-23-11-17/h1-11H,12-13H2,(H2,21,24)(H,22,23)(H,27,28). The lowest BCUT2D eigenvalue weighted by Crippen LogP contribution is -2.30. The number of amidine groups is 1. The molecule has 2 amide bonds. The normalized spacial score (nSPS) is 11.2. The summed E-state index contributed by atoms with van der Waals surface area (Å²) in [4.78, 5) is 28.5. The number of benzene rings is 2. The highest BCUT2D eigenvalue weighted by Crippen LogP contribution is 2.14. The van der Waals surface area contributed by atoms with Crippen LogP contribution in [0.5, 0.6) is 0 Å². The molecule has 4 N–H and O–H groups in total. The number of carbonyl (C=O) groups excluding carboxylic acids is 1. The van der Waals surface area contributed by atoms with E-state index in [1.807, 2.05) is 30.3 Å². The highest BCUT2D eigenvalue weighted by molar-refractivity contribution is 6.02. The molecular weight excluding hydrogens is 358 g/mol. The number of H-pyrrole nitrogens is 1. The van der Waals surface area contributed by atoms with E-state index in [4.69, 9.17) is 10.8 Å². The molecule has 8 nitrogen and oxygen atoms in total. The summed E-state index contributed by atoms with van der Waals surface area (Å²) >= 11 is 0. The Hall–Kier alpha value is -3.94. The largest absolute Gasteiger partial charge is 0.463 e. The van der Waals surface area contributed by atoms with Crippen molar-refractivity contribution in [2.75, 3.05) is 0 Å². The van der Waals surface area contributed by atoms with Gasteiger partial charge in [0.25, 0.3) is 5.91 Å². The van der Waals surface area contributed by atoms with Crippen molar-refractivity contribution >= 4 is 17.8 Å². The second-order valence-corrected chi connectivity index (χ2v) is 6.11. The third kappa shape index (κ3) is 4.82. The first kappa shape index (κ1) is 18.8. The molecule has 28 heavy (non-hydrogen) atoms. The first-order valence-corrected chi connectivity index (χ1v) is 8.51. The molecular formula is C20H19N5O3. The maximum absolute atomic E-state index is 12.9. The molecule has 0 spiro atoms. The molecule has 3 rings (SSSR count). The van der Waals surface area contributed by atoms with Gasteiger partial charge < -0.3 is 15.7 Å². The molecule has 0 radical (unpaired) electrons. The van der Waals surface area contributed by atoms with E-state index >= 15 is 0 Å². The Labute approximate surface area is 161 Å². The summed E-state index contributed by atoms with van der Waals surface area (Å²) in [5, 5.41) is 15.2. The van der Waals surface area contributed by atoms with E-state index in [0.29, 0.717) is 24.2 Å². The Kier molecular flexibility index (Phi) is 5.81. The summed E-state index contributed by atoms with van der Waals surface area (Å²) in [5.41, 5.74) is 8.52. The number of rotatable bonds is 6. The van der Waals surface area contributed by atoms with E-state index in [9.17, 15) is 9.59 Å². The van der Waals surface area contributed by atoms with Crippen LogP contribution in [-0.2, 0) is 13.1 Å². The first-order chi connectivity index (χ1) is 13.5. The molecule has 8 heteroatoms. The van der Waals surface area contributed by atoms with Gasteiger partial charge in [0.05, 0.1) is 11.8 Å². The number of nitrogens with zero attached hydrogens (tertiary/aromatic N) is 3. The van der Waals surface area contributed by atoms with Crippen molar-refractivity contribution in [1.82, 2.24) is 15.1 Å². The molecule has 3 aromatic rings. The van der Waals surface area contributed by atoms with Gasteiger partial charge in [-0.1, -0.05) is 54.6 Å². The molecule has 1 aromatic heterocycles. The van der Waals surface area contributed by atoms with Gasteiger partial charge in [-0.25, -0.2) is 4.79 Å². The summed E-state index contributed by atoms with van der Waals surface area (Å²) in [6, 6.07) is 16.6. The van der Waals surface area contributed by atoms with Gasteiger partial charge in [-0.15, -0.1) is 0 Å². The van der Waals surface area contributed by atoms with Crippen molar-refractivity contribution in [3.63, 3.8) is 0 Å². The molecule has 0 aliphatic rings. The zero-order chi connectivity index (χ0) is 19.9. The van der Waals surface area contributed by atoms with Crippen LogP contribution in [-0.4, -0.2) is 38.0 Å². The highest BCUT2D eigenvalue weighted by atomic mass is 16.4. The highest BCUT2D eigenvalue weighted by Gasteiger charge is 2.17. The van der Waals surface area contributed by atoms with Crippen LogP contribution in [0.2, 0.25) is 0 Å². The number of amides is 2. The number of nitrogens with one attached hydrogen (secondary N) is 1. The lowest BCUT2D eigenvalue weighted by Gasteiger charge is -2.22. The van der Waals surface area contributed by atoms with Crippen molar-refractivity contribution in [3.8, 4) is 0 Å². The number of nitrogens with two attached hydrogens (primary N) is 1. The van der Waals surface area contributed by atoms with Crippen molar-refractivity contribution in [1.29, 1.82) is 0 Å². The molecule has 0 aliphatic carbocycles. The van der Waals surface area contributed by atoms with E-state index in [1.54, 1.807) is 35.4 Å². The summed E-state index contributed by atoms with van der Waals surface area (Å²) in [6.07, 6.45) is 1.71. The maximum atomic E-state index is 12.9. The van der Waals surface area contributed by atoms with Gasteiger partial charge >= 0.3 is 6.09 Å². The Morgan fingerprint density at radius 3 is 2.21 bits per heavy atom.